The van der Waals surface area contributed by atoms with Crippen molar-refractivity contribution in [3.63, 3.8) is 0 Å². The van der Waals surface area contributed by atoms with Gasteiger partial charge >= 0.3 is 0 Å². The molecule has 1 fully saturated rings. The number of hydrogen-bond donors (Lipinski definition) is 2. The molecule has 1 saturated heterocycles. The Labute approximate surface area is 132 Å². The Morgan fingerprint density at radius 1 is 1.36 bits per heavy atom. The second kappa shape index (κ2) is 7.01. The van der Waals surface area contributed by atoms with Gasteiger partial charge in [0.1, 0.15) is 5.75 Å². The summed E-state index contributed by atoms with van der Waals surface area (Å²) >= 11 is 0. The number of benzene rings is 1. The van der Waals surface area contributed by atoms with Crippen LogP contribution in [0.5, 0.6) is 5.75 Å². The van der Waals surface area contributed by atoms with Gasteiger partial charge in [0, 0.05) is 24.8 Å². The van der Waals surface area contributed by atoms with Gasteiger partial charge in [-0.05, 0) is 37.3 Å². The van der Waals surface area contributed by atoms with Crippen molar-refractivity contribution in [2.45, 2.75) is 33.2 Å². The van der Waals surface area contributed by atoms with Crippen LogP contribution >= 0.6 is 0 Å². The average Bonchev–Trinajstić information content (AvgIpc) is 2.47. The topological polar surface area (TPSA) is 67.6 Å². The Morgan fingerprint density at radius 2 is 2.00 bits per heavy atom. The summed E-state index contributed by atoms with van der Waals surface area (Å²) < 4.78 is 5.28. The average molecular weight is 305 g/mol. The highest BCUT2D eigenvalue weighted by Gasteiger charge is 2.29. The maximum atomic E-state index is 12.5. The van der Waals surface area contributed by atoms with Gasteiger partial charge in [0.2, 0.25) is 5.91 Å². The standard InChI is InChI=1S/C17H27N3O2/c1-11-7-12(2)10-20(9-11)13(3)17(21)19-15-6-5-14(18)8-16(15)22-4/h5-6,8,11-13H,7,9-10,18H2,1-4H3,(H,19,21). The lowest BCUT2D eigenvalue weighted by molar-refractivity contribution is -0.121. The van der Waals surface area contributed by atoms with Crippen LogP contribution in [0.4, 0.5) is 11.4 Å². The van der Waals surface area contributed by atoms with Crippen LogP contribution in [-0.4, -0.2) is 37.0 Å². The van der Waals surface area contributed by atoms with Crippen LogP contribution < -0.4 is 15.8 Å². The first-order valence-corrected chi connectivity index (χ1v) is 7.89. The summed E-state index contributed by atoms with van der Waals surface area (Å²) in [4.78, 5) is 14.8. The maximum Gasteiger partial charge on any atom is 0.241 e. The molecular weight excluding hydrogens is 278 g/mol. The highest BCUT2D eigenvalue weighted by atomic mass is 16.5. The second-order valence-electron chi connectivity index (χ2n) is 6.52. The third kappa shape index (κ3) is 3.91. The number of carbonyl (C=O) groups excluding carboxylic acids is 1. The van der Waals surface area contributed by atoms with E-state index >= 15 is 0 Å². The van der Waals surface area contributed by atoms with Gasteiger partial charge in [0.05, 0.1) is 18.8 Å². The van der Waals surface area contributed by atoms with Gasteiger partial charge in [-0.15, -0.1) is 0 Å². The van der Waals surface area contributed by atoms with Crippen molar-refractivity contribution in [1.82, 2.24) is 4.90 Å². The lowest BCUT2D eigenvalue weighted by atomic mass is 9.91. The van der Waals surface area contributed by atoms with Gasteiger partial charge < -0.3 is 15.8 Å². The lowest BCUT2D eigenvalue weighted by Gasteiger charge is -2.38. The number of methoxy groups -OCH3 is 1. The number of nitrogens with zero attached hydrogens (tertiary/aromatic N) is 1. The van der Waals surface area contributed by atoms with E-state index in [4.69, 9.17) is 10.5 Å². The Morgan fingerprint density at radius 3 is 2.59 bits per heavy atom. The van der Waals surface area contributed by atoms with Crippen molar-refractivity contribution in [3.05, 3.63) is 18.2 Å². The summed E-state index contributed by atoms with van der Waals surface area (Å²) in [6.07, 6.45) is 1.23. The number of nitrogens with one attached hydrogen (secondary N) is 1. The molecule has 22 heavy (non-hydrogen) atoms. The van der Waals surface area contributed by atoms with Crippen LogP contribution in [0.1, 0.15) is 27.2 Å². The summed E-state index contributed by atoms with van der Waals surface area (Å²) in [5.74, 6) is 1.83. The van der Waals surface area contributed by atoms with Crippen LogP contribution in [0.3, 0.4) is 0 Å². The molecule has 3 atom stereocenters. The molecule has 1 aromatic rings. The molecule has 0 radical (unpaired) electrons. The number of nitrogen functional groups attached to an aromatic ring is 1. The smallest absolute Gasteiger partial charge is 0.241 e. The van der Waals surface area contributed by atoms with Gasteiger partial charge in [-0.25, -0.2) is 0 Å². The van der Waals surface area contributed by atoms with Crippen LogP contribution in [0.15, 0.2) is 18.2 Å². The quantitative estimate of drug-likeness (QED) is 0.839. The first kappa shape index (κ1) is 16.6. The van der Waals surface area contributed by atoms with E-state index in [1.807, 2.05) is 6.92 Å². The van der Waals surface area contributed by atoms with E-state index < -0.39 is 0 Å². The predicted octanol–water partition coefficient (Wildman–Crippen LogP) is 2.58. The van der Waals surface area contributed by atoms with E-state index in [1.54, 1.807) is 25.3 Å². The molecule has 3 N–H and O–H groups in total. The summed E-state index contributed by atoms with van der Waals surface area (Å²) in [7, 11) is 1.57. The van der Waals surface area contributed by atoms with E-state index in [-0.39, 0.29) is 11.9 Å². The predicted molar refractivity (Wildman–Crippen MR) is 90.0 cm³/mol. The molecule has 1 amide bonds. The molecule has 0 aliphatic carbocycles. The lowest BCUT2D eigenvalue weighted by Crippen LogP contribution is -2.48. The number of hydrogen-bond acceptors (Lipinski definition) is 4. The molecule has 2 rings (SSSR count). The molecular formula is C17H27N3O2. The van der Waals surface area contributed by atoms with E-state index in [9.17, 15) is 4.79 Å². The van der Waals surface area contributed by atoms with Crippen molar-refractivity contribution in [2.24, 2.45) is 11.8 Å². The summed E-state index contributed by atoms with van der Waals surface area (Å²) in [5.41, 5.74) is 7.01. The second-order valence-corrected chi connectivity index (χ2v) is 6.52. The molecule has 1 heterocycles. The van der Waals surface area contributed by atoms with Crippen molar-refractivity contribution in [2.75, 3.05) is 31.2 Å². The minimum Gasteiger partial charge on any atom is -0.494 e. The van der Waals surface area contributed by atoms with Crippen LogP contribution in [0.25, 0.3) is 0 Å². The Kier molecular flexibility index (Phi) is 5.29. The third-order valence-electron chi connectivity index (χ3n) is 4.31. The molecule has 0 saturated carbocycles. The van der Waals surface area contributed by atoms with Gasteiger partial charge in [0.25, 0.3) is 0 Å². The summed E-state index contributed by atoms with van der Waals surface area (Å²) in [6.45, 7) is 8.39. The highest BCUT2D eigenvalue weighted by Crippen LogP contribution is 2.28. The molecule has 5 heteroatoms. The first-order chi connectivity index (χ1) is 10.4. The fraction of sp³-hybridized carbons (Fsp3) is 0.588. The Bertz CT molecular complexity index is 523. The van der Waals surface area contributed by atoms with Crippen molar-refractivity contribution in [3.8, 4) is 5.75 Å². The minimum atomic E-state index is -0.160. The molecule has 5 nitrogen and oxygen atoms in total. The maximum absolute atomic E-state index is 12.5. The molecule has 1 aliphatic heterocycles. The minimum absolute atomic E-state index is 0.00984. The van der Waals surface area contributed by atoms with E-state index in [0.717, 1.165) is 13.1 Å². The number of ether oxygens (including phenoxy) is 1. The number of nitrogens with two attached hydrogens (primary N) is 1. The van der Waals surface area contributed by atoms with Gasteiger partial charge in [-0.3, -0.25) is 9.69 Å². The number of anilines is 2. The number of amides is 1. The number of rotatable bonds is 4. The van der Waals surface area contributed by atoms with Crippen molar-refractivity contribution in [1.29, 1.82) is 0 Å². The molecule has 0 bridgehead atoms. The molecule has 0 aromatic heterocycles. The van der Waals surface area contributed by atoms with Gasteiger partial charge in [-0.1, -0.05) is 13.8 Å². The zero-order valence-electron chi connectivity index (χ0n) is 13.9. The van der Waals surface area contributed by atoms with E-state index in [1.165, 1.54) is 6.42 Å². The van der Waals surface area contributed by atoms with Gasteiger partial charge in [-0.2, -0.15) is 0 Å². The Hall–Kier alpha value is -1.75. The molecule has 3 unspecified atom stereocenters. The number of carbonyl (C=O) groups is 1. The molecule has 1 aliphatic rings. The van der Waals surface area contributed by atoms with Crippen LogP contribution in [0, 0.1) is 11.8 Å². The number of piperidine rings is 1. The largest absolute Gasteiger partial charge is 0.494 e. The third-order valence-corrected chi connectivity index (χ3v) is 4.31. The van der Waals surface area contributed by atoms with Gasteiger partial charge in [0.15, 0.2) is 0 Å². The Balaban J connectivity index is 2.05. The zero-order chi connectivity index (χ0) is 16.3. The van der Waals surface area contributed by atoms with Crippen LogP contribution in [0.2, 0.25) is 0 Å². The first-order valence-electron chi connectivity index (χ1n) is 7.89. The van der Waals surface area contributed by atoms with Crippen molar-refractivity contribution >= 4 is 17.3 Å². The molecule has 1 aromatic carbocycles. The van der Waals surface area contributed by atoms with Crippen molar-refractivity contribution < 1.29 is 9.53 Å². The van der Waals surface area contributed by atoms with E-state index in [2.05, 4.69) is 24.1 Å². The molecule has 122 valence electrons. The van der Waals surface area contributed by atoms with E-state index in [0.29, 0.717) is 29.0 Å². The monoisotopic (exact) mass is 305 g/mol. The SMILES string of the molecule is COc1cc(N)ccc1NC(=O)C(C)N1CC(C)CC(C)C1. The van der Waals surface area contributed by atoms with Crippen LogP contribution in [-0.2, 0) is 4.79 Å². The normalized spacial score (nSPS) is 23.8. The fourth-order valence-corrected chi connectivity index (χ4v) is 3.24. The number of likely N-dealkylation sites (tertiary alicyclic amines) is 1. The molecule has 0 spiro atoms. The summed E-state index contributed by atoms with van der Waals surface area (Å²) in [5, 5.41) is 2.95. The zero-order valence-corrected chi connectivity index (χ0v) is 13.9. The summed E-state index contributed by atoms with van der Waals surface area (Å²) in [6, 6.07) is 5.09. The fourth-order valence-electron chi connectivity index (χ4n) is 3.24. The highest BCUT2D eigenvalue weighted by molar-refractivity contribution is 5.96.